The summed E-state index contributed by atoms with van der Waals surface area (Å²) in [7, 11) is 0. The number of aromatic nitrogens is 1. The van der Waals surface area contributed by atoms with Gasteiger partial charge >= 0.3 is 0 Å². The highest BCUT2D eigenvalue weighted by molar-refractivity contribution is 6.04. The second-order valence-electron chi connectivity index (χ2n) is 4.59. The number of aryl methyl sites for hydroxylation is 1. The summed E-state index contributed by atoms with van der Waals surface area (Å²) in [6.45, 7) is 1.99. The molecule has 94 valence electrons. The van der Waals surface area contributed by atoms with Crippen molar-refractivity contribution in [2.24, 2.45) is 0 Å². The lowest BCUT2D eigenvalue weighted by atomic mass is 10.0. The maximum Gasteiger partial charge on any atom is 0.152 e. The van der Waals surface area contributed by atoms with Crippen LogP contribution in [-0.2, 0) is 0 Å². The highest BCUT2D eigenvalue weighted by Gasteiger charge is 2.13. The third-order valence-corrected chi connectivity index (χ3v) is 3.23. The van der Waals surface area contributed by atoms with Gasteiger partial charge in [-0.3, -0.25) is 4.79 Å². The van der Waals surface area contributed by atoms with E-state index in [-0.39, 0.29) is 5.82 Å². The second-order valence-corrected chi connectivity index (χ2v) is 4.59. The Morgan fingerprint density at radius 2 is 2.00 bits per heavy atom. The van der Waals surface area contributed by atoms with Gasteiger partial charge in [0, 0.05) is 16.5 Å². The number of nitrogens with one attached hydrogen (secondary N) is 1. The Morgan fingerprint density at radius 1 is 1.16 bits per heavy atom. The predicted octanol–water partition coefficient (Wildman–Crippen LogP) is 4.09. The van der Waals surface area contributed by atoms with Gasteiger partial charge in [-0.1, -0.05) is 23.8 Å². The molecule has 19 heavy (non-hydrogen) atoms. The van der Waals surface area contributed by atoms with Crippen LogP contribution >= 0.6 is 0 Å². The molecule has 0 bridgehead atoms. The van der Waals surface area contributed by atoms with Crippen LogP contribution in [0.5, 0.6) is 0 Å². The number of hydrogen-bond acceptors (Lipinski definition) is 1. The summed E-state index contributed by atoms with van der Waals surface area (Å²) in [5.41, 5.74) is 4.04. The second kappa shape index (κ2) is 4.35. The van der Waals surface area contributed by atoms with E-state index in [0.717, 1.165) is 28.6 Å². The number of hydrogen-bond donors (Lipinski definition) is 1. The van der Waals surface area contributed by atoms with Crippen LogP contribution < -0.4 is 0 Å². The fraction of sp³-hybridized carbons (Fsp3) is 0.0625. The minimum absolute atomic E-state index is 0.342. The Labute approximate surface area is 109 Å². The number of rotatable bonds is 2. The molecule has 0 spiro atoms. The van der Waals surface area contributed by atoms with Crippen LogP contribution in [0.25, 0.3) is 22.2 Å². The smallest absolute Gasteiger partial charge is 0.152 e. The molecule has 0 fully saturated rings. The molecule has 0 unspecified atom stereocenters. The molecule has 0 amide bonds. The molecule has 0 saturated carbocycles. The number of fused-ring (bicyclic) bond motifs is 1. The highest BCUT2D eigenvalue weighted by atomic mass is 19.1. The minimum atomic E-state index is -0.342. The average Bonchev–Trinajstić information content (AvgIpc) is 2.76. The summed E-state index contributed by atoms with van der Waals surface area (Å²) in [5, 5.41) is 0.617. The highest BCUT2D eigenvalue weighted by Crippen LogP contribution is 2.29. The van der Waals surface area contributed by atoms with E-state index in [4.69, 9.17) is 0 Å². The summed E-state index contributed by atoms with van der Waals surface area (Å²) >= 11 is 0. The summed E-state index contributed by atoms with van der Waals surface area (Å²) in [4.78, 5) is 14.5. The molecule has 1 heterocycles. The van der Waals surface area contributed by atoms with Gasteiger partial charge in [0.05, 0.1) is 5.69 Å². The zero-order chi connectivity index (χ0) is 13.4. The van der Waals surface area contributed by atoms with E-state index in [2.05, 4.69) is 4.98 Å². The normalized spacial score (nSPS) is 10.8. The first-order chi connectivity index (χ1) is 9.19. The predicted molar refractivity (Wildman–Crippen MR) is 73.8 cm³/mol. The van der Waals surface area contributed by atoms with Crippen molar-refractivity contribution in [2.45, 2.75) is 6.92 Å². The van der Waals surface area contributed by atoms with Crippen molar-refractivity contribution in [3.05, 3.63) is 59.4 Å². The van der Waals surface area contributed by atoms with Gasteiger partial charge in [0.25, 0.3) is 0 Å². The number of aldehydes is 1. The van der Waals surface area contributed by atoms with Crippen molar-refractivity contribution in [1.82, 2.24) is 4.98 Å². The maximum atomic E-state index is 13.3. The Bertz CT molecular complexity index is 774. The van der Waals surface area contributed by atoms with Crippen molar-refractivity contribution >= 4 is 17.2 Å². The van der Waals surface area contributed by atoms with Crippen molar-refractivity contribution < 1.29 is 9.18 Å². The first-order valence-electron chi connectivity index (χ1n) is 6.02. The van der Waals surface area contributed by atoms with Crippen molar-refractivity contribution in [3.63, 3.8) is 0 Å². The number of halogens is 1. The molecular formula is C16H12FNO. The monoisotopic (exact) mass is 253 g/mol. The van der Waals surface area contributed by atoms with Crippen molar-refractivity contribution in [1.29, 1.82) is 0 Å². The third-order valence-electron chi connectivity index (χ3n) is 3.23. The van der Waals surface area contributed by atoms with Crippen LogP contribution in [0.2, 0.25) is 0 Å². The lowest BCUT2D eigenvalue weighted by molar-refractivity contribution is 0.112. The SMILES string of the molecule is Cc1cccc(-c2[nH]c3ccc(F)cc3c2C=O)c1. The molecular weight excluding hydrogens is 241 g/mol. The molecule has 0 radical (unpaired) electrons. The number of aromatic amines is 1. The zero-order valence-corrected chi connectivity index (χ0v) is 10.4. The van der Waals surface area contributed by atoms with Gasteiger partial charge in [-0.25, -0.2) is 4.39 Å². The molecule has 1 aromatic heterocycles. The fourth-order valence-corrected chi connectivity index (χ4v) is 2.34. The lowest BCUT2D eigenvalue weighted by Gasteiger charge is -2.01. The first-order valence-corrected chi connectivity index (χ1v) is 6.02. The van der Waals surface area contributed by atoms with E-state index < -0.39 is 0 Å². The van der Waals surface area contributed by atoms with Gasteiger partial charge in [-0.2, -0.15) is 0 Å². The fourth-order valence-electron chi connectivity index (χ4n) is 2.34. The Hall–Kier alpha value is -2.42. The molecule has 2 aromatic carbocycles. The first kappa shape index (κ1) is 11.7. The summed E-state index contributed by atoms with van der Waals surface area (Å²) < 4.78 is 13.3. The number of carbonyl (C=O) groups is 1. The Balaban J connectivity index is 2.32. The van der Waals surface area contributed by atoms with E-state index in [0.29, 0.717) is 10.9 Å². The standard InChI is InChI=1S/C16H12FNO/c1-10-3-2-4-11(7-10)16-14(9-19)13-8-12(17)5-6-15(13)18-16/h2-9,18H,1H3. The topological polar surface area (TPSA) is 32.9 Å². The van der Waals surface area contributed by atoms with Crippen LogP contribution in [0.1, 0.15) is 15.9 Å². The molecule has 2 nitrogen and oxygen atoms in total. The molecule has 1 N–H and O–H groups in total. The molecule has 3 aromatic rings. The minimum Gasteiger partial charge on any atom is -0.354 e. The zero-order valence-electron chi connectivity index (χ0n) is 10.4. The lowest BCUT2D eigenvalue weighted by Crippen LogP contribution is -1.85. The maximum absolute atomic E-state index is 13.3. The number of benzene rings is 2. The molecule has 0 atom stereocenters. The molecule has 3 heteroatoms. The largest absolute Gasteiger partial charge is 0.354 e. The van der Waals surface area contributed by atoms with Crippen molar-refractivity contribution in [2.75, 3.05) is 0 Å². The van der Waals surface area contributed by atoms with Gasteiger partial charge in [0.2, 0.25) is 0 Å². The quantitative estimate of drug-likeness (QED) is 0.685. The molecule has 0 aliphatic carbocycles. The van der Waals surface area contributed by atoms with Gasteiger partial charge in [0.1, 0.15) is 5.82 Å². The summed E-state index contributed by atoms with van der Waals surface area (Å²) in [6.07, 6.45) is 0.774. The van der Waals surface area contributed by atoms with Crippen LogP contribution in [0.4, 0.5) is 4.39 Å². The van der Waals surface area contributed by atoms with Crippen LogP contribution in [0.3, 0.4) is 0 Å². The van der Waals surface area contributed by atoms with Gasteiger partial charge in [0.15, 0.2) is 6.29 Å². The van der Waals surface area contributed by atoms with E-state index in [1.807, 2.05) is 31.2 Å². The summed E-state index contributed by atoms with van der Waals surface area (Å²) in [6, 6.07) is 12.3. The Kier molecular flexibility index (Phi) is 2.67. The number of H-pyrrole nitrogens is 1. The van der Waals surface area contributed by atoms with Gasteiger partial charge in [-0.05, 0) is 36.8 Å². The summed E-state index contributed by atoms with van der Waals surface area (Å²) in [5.74, 6) is -0.342. The van der Waals surface area contributed by atoms with E-state index >= 15 is 0 Å². The molecule has 0 aliphatic rings. The number of carbonyl (C=O) groups excluding carboxylic acids is 1. The van der Waals surface area contributed by atoms with Crippen LogP contribution in [0, 0.1) is 12.7 Å². The average molecular weight is 253 g/mol. The van der Waals surface area contributed by atoms with Crippen LogP contribution in [0.15, 0.2) is 42.5 Å². The molecule has 0 aliphatic heterocycles. The van der Waals surface area contributed by atoms with E-state index in [1.165, 1.54) is 12.1 Å². The van der Waals surface area contributed by atoms with Gasteiger partial charge < -0.3 is 4.98 Å². The van der Waals surface area contributed by atoms with Gasteiger partial charge in [-0.15, -0.1) is 0 Å². The van der Waals surface area contributed by atoms with Crippen molar-refractivity contribution in [3.8, 4) is 11.3 Å². The molecule has 0 saturated heterocycles. The van der Waals surface area contributed by atoms with Crippen LogP contribution in [-0.4, -0.2) is 11.3 Å². The van der Waals surface area contributed by atoms with E-state index in [1.54, 1.807) is 6.07 Å². The third kappa shape index (κ3) is 1.93. The Morgan fingerprint density at radius 3 is 2.74 bits per heavy atom. The molecule has 3 rings (SSSR count). The van der Waals surface area contributed by atoms with E-state index in [9.17, 15) is 9.18 Å².